The van der Waals surface area contributed by atoms with Crippen molar-refractivity contribution in [2.75, 3.05) is 18.5 Å². The second kappa shape index (κ2) is 6.52. The SMILES string of the molecule is CC(NCC1CCCO1)C(=O)Nc1ccccc1. The first kappa shape index (κ1) is 13.1. The molecule has 1 fully saturated rings. The van der Waals surface area contributed by atoms with E-state index in [0.29, 0.717) is 0 Å². The normalized spacial score (nSPS) is 20.6. The fourth-order valence-corrected chi connectivity index (χ4v) is 1.98. The molecule has 1 saturated heterocycles. The van der Waals surface area contributed by atoms with E-state index in [-0.39, 0.29) is 18.1 Å². The Morgan fingerprint density at radius 1 is 1.44 bits per heavy atom. The third-order valence-electron chi connectivity index (χ3n) is 3.11. The van der Waals surface area contributed by atoms with Gasteiger partial charge in [0.15, 0.2) is 0 Å². The molecule has 1 amide bonds. The minimum Gasteiger partial charge on any atom is -0.377 e. The van der Waals surface area contributed by atoms with Crippen LogP contribution in [0, 0.1) is 0 Å². The molecule has 4 nitrogen and oxygen atoms in total. The standard InChI is InChI=1S/C14H20N2O2/c1-11(15-10-13-8-5-9-18-13)14(17)16-12-6-3-2-4-7-12/h2-4,6-7,11,13,15H,5,8-10H2,1H3,(H,16,17). The summed E-state index contributed by atoms with van der Waals surface area (Å²) in [6.45, 7) is 3.45. The predicted molar refractivity (Wildman–Crippen MR) is 71.5 cm³/mol. The van der Waals surface area contributed by atoms with Crippen LogP contribution in [0.5, 0.6) is 0 Å². The van der Waals surface area contributed by atoms with Gasteiger partial charge in [0.05, 0.1) is 12.1 Å². The fraction of sp³-hybridized carbons (Fsp3) is 0.500. The summed E-state index contributed by atoms with van der Waals surface area (Å²) >= 11 is 0. The van der Waals surface area contributed by atoms with Gasteiger partial charge in [0.1, 0.15) is 0 Å². The van der Waals surface area contributed by atoms with E-state index < -0.39 is 0 Å². The van der Waals surface area contributed by atoms with Crippen molar-refractivity contribution in [2.24, 2.45) is 0 Å². The number of nitrogens with one attached hydrogen (secondary N) is 2. The van der Waals surface area contributed by atoms with Crippen LogP contribution >= 0.6 is 0 Å². The van der Waals surface area contributed by atoms with Gasteiger partial charge in [0.25, 0.3) is 0 Å². The third-order valence-corrected chi connectivity index (χ3v) is 3.11. The highest BCUT2D eigenvalue weighted by atomic mass is 16.5. The summed E-state index contributed by atoms with van der Waals surface area (Å²) in [6.07, 6.45) is 2.47. The van der Waals surface area contributed by atoms with Crippen LogP contribution in [0.25, 0.3) is 0 Å². The molecular formula is C14H20N2O2. The molecule has 1 heterocycles. The Labute approximate surface area is 108 Å². The maximum absolute atomic E-state index is 11.9. The number of carbonyl (C=O) groups excluding carboxylic acids is 1. The van der Waals surface area contributed by atoms with Gasteiger partial charge in [-0.3, -0.25) is 4.79 Å². The maximum Gasteiger partial charge on any atom is 0.241 e. The maximum atomic E-state index is 11.9. The summed E-state index contributed by atoms with van der Waals surface area (Å²) in [5.74, 6) is -0.0146. The molecule has 2 unspecified atom stereocenters. The first-order chi connectivity index (χ1) is 8.75. The van der Waals surface area contributed by atoms with Crippen LogP contribution in [0.4, 0.5) is 5.69 Å². The Balaban J connectivity index is 1.74. The second-order valence-electron chi connectivity index (χ2n) is 4.62. The lowest BCUT2D eigenvalue weighted by Gasteiger charge is -2.16. The summed E-state index contributed by atoms with van der Waals surface area (Å²) in [5.41, 5.74) is 0.827. The van der Waals surface area contributed by atoms with Gasteiger partial charge in [0, 0.05) is 18.8 Å². The van der Waals surface area contributed by atoms with Crippen LogP contribution in [0.3, 0.4) is 0 Å². The Morgan fingerprint density at radius 2 is 2.22 bits per heavy atom. The molecule has 18 heavy (non-hydrogen) atoms. The lowest BCUT2D eigenvalue weighted by molar-refractivity contribution is -0.117. The highest BCUT2D eigenvalue weighted by Crippen LogP contribution is 2.11. The number of hydrogen-bond acceptors (Lipinski definition) is 3. The van der Waals surface area contributed by atoms with Crippen LogP contribution in [0.1, 0.15) is 19.8 Å². The molecule has 2 N–H and O–H groups in total. The molecule has 1 aliphatic rings. The zero-order valence-electron chi connectivity index (χ0n) is 10.7. The molecule has 1 aliphatic heterocycles. The summed E-state index contributed by atoms with van der Waals surface area (Å²) < 4.78 is 5.51. The monoisotopic (exact) mass is 248 g/mol. The first-order valence-electron chi connectivity index (χ1n) is 6.46. The predicted octanol–water partition coefficient (Wildman–Crippen LogP) is 1.78. The molecule has 0 aliphatic carbocycles. The number of ether oxygens (including phenoxy) is 1. The van der Waals surface area contributed by atoms with Crippen molar-refractivity contribution < 1.29 is 9.53 Å². The van der Waals surface area contributed by atoms with Crippen LogP contribution < -0.4 is 10.6 Å². The van der Waals surface area contributed by atoms with Gasteiger partial charge in [-0.25, -0.2) is 0 Å². The number of para-hydroxylation sites is 1. The molecule has 98 valence electrons. The zero-order chi connectivity index (χ0) is 12.8. The molecule has 2 rings (SSSR count). The average molecular weight is 248 g/mol. The number of benzene rings is 1. The van der Waals surface area contributed by atoms with E-state index in [1.165, 1.54) is 0 Å². The molecule has 2 atom stereocenters. The number of amides is 1. The van der Waals surface area contributed by atoms with Crippen molar-refractivity contribution in [3.05, 3.63) is 30.3 Å². The van der Waals surface area contributed by atoms with Crippen LogP contribution in [-0.2, 0) is 9.53 Å². The fourth-order valence-electron chi connectivity index (χ4n) is 1.98. The average Bonchev–Trinajstić information content (AvgIpc) is 2.90. The number of carbonyl (C=O) groups is 1. The van der Waals surface area contributed by atoms with E-state index in [1.807, 2.05) is 37.3 Å². The zero-order valence-corrected chi connectivity index (χ0v) is 10.7. The van der Waals surface area contributed by atoms with Gasteiger partial charge >= 0.3 is 0 Å². The Kier molecular flexibility index (Phi) is 4.73. The van der Waals surface area contributed by atoms with E-state index in [4.69, 9.17) is 4.74 Å². The summed E-state index contributed by atoms with van der Waals surface area (Å²) in [7, 11) is 0. The van der Waals surface area contributed by atoms with Crippen LogP contribution in [0.2, 0.25) is 0 Å². The van der Waals surface area contributed by atoms with Crippen molar-refractivity contribution in [2.45, 2.75) is 31.9 Å². The lowest BCUT2D eigenvalue weighted by Crippen LogP contribution is -2.41. The van der Waals surface area contributed by atoms with Crippen molar-refractivity contribution >= 4 is 11.6 Å². The van der Waals surface area contributed by atoms with E-state index >= 15 is 0 Å². The molecule has 0 bridgehead atoms. The van der Waals surface area contributed by atoms with Gasteiger partial charge in [-0.2, -0.15) is 0 Å². The first-order valence-corrected chi connectivity index (χ1v) is 6.46. The van der Waals surface area contributed by atoms with Crippen molar-refractivity contribution in [3.8, 4) is 0 Å². The number of hydrogen-bond donors (Lipinski definition) is 2. The number of anilines is 1. The molecule has 0 aromatic heterocycles. The molecule has 0 saturated carbocycles. The highest BCUT2D eigenvalue weighted by molar-refractivity contribution is 5.94. The minimum atomic E-state index is -0.214. The smallest absolute Gasteiger partial charge is 0.241 e. The van der Waals surface area contributed by atoms with Gasteiger partial charge < -0.3 is 15.4 Å². The molecule has 4 heteroatoms. The van der Waals surface area contributed by atoms with E-state index in [1.54, 1.807) is 0 Å². The van der Waals surface area contributed by atoms with Gasteiger partial charge in [-0.15, -0.1) is 0 Å². The Hall–Kier alpha value is -1.39. The summed E-state index contributed by atoms with van der Waals surface area (Å²) in [6, 6.07) is 9.28. The number of rotatable bonds is 5. The quantitative estimate of drug-likeness (QED) is 0.835. The summed E-state index contributed by atoms with van der Waals surface area (Å²) in [5, 5.41) is 6.08. The van der Waals surface area contributed by atoms with E-state index in [0.717, 1.165) is 31.7 Å². The van der Waals surface area contributed by atoms with Crippen LogP contribution in [-0.4, -0.2) is 31.2 Å². The molecule has 0 radical (unpaired) electrons. The molecule has 1 aromatic rings. The molecular weight excluding hydrogens is 228 g/mol. The Bertz CT molecular complexity index is 375. The minimum absolute atomic E-state index is 0.0146. The van der Waals surface area contributed by atoms with Gasteiger partial charge in [0.2, 0.25) is 5.91 Å². The molecule has 0 spiro atoms. The van der Waals surface area contributed by atoms with Crippen LogP contribution in [0.15, 0.2) is 30.3 Å². The third kappa shape index (κ3) is 3.82. The van der Waals surface area contributed by atoms with E-state index in [2.05, 4.69) is 10.6 Å². The topological polar surface area (TPSA) is 50.4 Å². The largest absolute Gasteiger partial charge is 0.377 e. The van der Waals surface area contributed by atoms with Gasteiger partial charge in [-0.1, -0.05) is 18.2 Å². The Morgan fingerprint density at radius 3 is 2.89 bits per heavy atom. The second-order valence-corrected chi connectivity index (χ2v) is 4.62. The van der Waals surface area contributed by atoms with Gasteiger partial charge in [-0.05, 0) is 31.9 Å². The molecule has 1 aromatic carbocycles. The van der Waals surface area contributed by atoms with E-state index in [9.17, 15) is 4.79 Å². The lowest BCUT2D eigenvalue weighted by atomic mass is 10.2. The highest BCUT2D eigenvalue weighted by Gasteiger charge is 2.18. The van der Waals surface area contributed by atoms with Crippen molar-refractivity contribution in [3.63, 3.8) is 0 Å². The summed E-state index contributed by atoms with van der Waals surface area (Å²) in [4.78, 5) is 11.9. The van der Waals surface area contributed by atoms with Crippen molar-refractivity contribution in [1.29, 1.82) is 0 Å². The van der Waals surface area contributed by atoms with Crippen molar-refractivity contribution in [1.82, 2.24) is 5.32 Å².